The highest BCUT2D eigenvalue weighted by Crippen LogP contribution is 2.32. The molecule has 0 bridgehead atoms. The van der Waals surface area contributed by atoms with Crippen LogP contribution in [0, 0.1) is 11.6 Å². The molecule has 0 spiro atoms. The molecule has 31 heavy (non-hydrogen) atoms. The molecule has 0 saturated carbocycles. The summed E-state index contributed by atoms with van der Waals surface area (Å²) in [6.07, 6.45) is 2.29. The third-order valence-corrected chi connectivity index (χ3v) is 6.00. The summed E-state index contributed by atoms with van der Waals surface area (Å²) in [5.74, 6) is -1.69. The van der Waals surface area contributed by atoms with Crippen molar-refractivity contribution in [2.24, 2.45) is 0 Å². The van der Waals surface area contributed by atoms with Gasteiger partial charge in [0, 0.05) is 30.5 Å². The molecule has 160 valence electrons. The SMILES string of the molecule is O=C(CC[C@]1(Cc2cccc3ccccc23)CCC(=O)N1)NCc1c(F)cccc1F. The first-order chi connectivity index (χ1) is 15.0. The third kappa shape index (κ3) is 4.74. The molecule has 3 aromatic rings. The number of hydrogen-bond acceptors (Lipinski definition) is 2. The van der Waals surface area contributed by atoms with Crippen LogP contribution < -0.4 is 10.6 Å². The molecule has 4 nitrogen and oxygen atoms in total. The van der Waals surface area contributed by atoms with Gasteiger partial charge in [-0.2, -0.15) is 0 Å². The van der Waals surface area contributed by atoms with Gasteiger partial charge in [-0.25, -0.2) is 8.78 Å². The number of benzene rings is 3. The quantitative estimate of drug-likeness (QED) is 0.593. The molecule has 2 N–H and O–H groups in total. The molecule has 1 aliphatic rings. The second-order valence-electron chi connectivity index (χ2n) is 8.12. The largest absolute Gasteiger partial charge is 0.352 e. The van der Waals surface area contributed by atoms with E-state index in [1.165, 1.54) is 6.07 Å². The summed E-state index contributed by atoms with van der Waals surface area (Å²) in [4.78, 5) is 24.5. The van der Waals surface area contributed by atoms with Crippen LogP contribution in [0.5, 0.6) is 0 Å². The summed E-state index contributed by atoms with van der Waals surface area (Å²) in [7, 11) is 0. The number of carbonyl (C=O) groups is 2. The monoisotopic (exact) mass is 422 g/mol. The van der Waals surface area contributed by atoms with Crippen molar-refractivity contribution < 1.29 is 18.4 Å². The maximum atomic E-state index is 13.8. The van der Waals surface area contributed by atoms with Crippen molar-refractivity contribution in [3.05, 3.63) is 83.4 Å². The Morgan fingerprint density at radius 2 is 1.71 bits per heavy atom. The molecule has 0 aromatic heterocycles. The normalized spacial score (nSPS) is 18.2. The fourth-order valence-electron chi connectivity index (χ4n) is 4.32. The van der Waals surface area contributed by atoms with Gasteiger partial charge in [0.25, 0.3) is 0 Å². The molecule has 1 atom stereocenters. The maximum Gasteiger partial charge on any atom is 0.220 e. The van der Waals surface area contributed by atoms with Gasteiger partial charge in [-0.1, -0.05) is 48.5 Å². The van der Waals surface area contributed by atoms with Gasteiger partial charge in [0.1, 0.15) is 11.6 Å². The first-order valence-corrected chi connectivity index (χ1v) is 10.4. The van der Waals surface area contributed by atoms with Crippen molar-refractivity contribution in [2.75, 3.05) is 0 Å². The van der Waals surface area contributed by atoms with Crippen LogP contribution in [0.15, 0.2) is 60.7 Å². The molecule has 1 aliphatic heterocycles. The van der Waals surface area contributed by atoms with E-state index in [4.69, 9.17) is 0 Å². The zero-order valence-corrected chi connectivity index (χ0v) is 17.1. The Labute approximate surface area is 179 Å². The summed E-state index contributed by atoms with van der Waals surface area (Å²) < 4.78 is 27.5. The second kappa shape index (κ2) is 8.84. The highest BCUT2D eigenvalue weighted by molar-refractivity contribution is 5.86. The molecule has 1 fully saturated rings. The Hall–Kier alpha value is -3.28. The fourth-order valence-corrected chi connectivity index (χ4v) is 4.32. The first kappa shape index (κ1) is 21.0. The number of carbonyl (C=O) groups excluding carboxylic acids is 2. The van der Waals surface area contributed by atoms with Crippen molar-refractivity contribution in [2.45, 2.75) is 44.2 Å². The average molecular weight is 422 g/mol. The van der Waals surface area contributed by atoms with Crippen LogP contribution in [0.2, 0.25) is 0 Å². The van der Waals surface area contributed by atoms with Gasteiger partial charge in [-0.15, -0.1) is 0 Å². The molecule has 6 heteroatoms. The average Bonchev–Trinajstić information content (AvgIpc) is 3.13. The van der Waals surface area contributed by atoms with E-state index in [0.29, 0.717) is 25.7 Å². The molecule has 0 aliphatic carbocycles. The van der Waals surface area contributed by atoms with E-state index in [2.05, 4.69) is 22.8 Å². The second-order valence-corrected chi connectivity index (χ2v) is 8.12. The lowest BCUT2D eigenvalue weighted by Crippen LogP contribution is -2.44. The molecular weight excluding hydrogens is 398 g/mol. The predicted molar refractivity (Wildman–Crippen MR) is 115 cm³/mol. The molecule has 3 aromatic carbocycles. The van der Waals surface area contributed by atoms with E-state index in [1.54, 1.807) is 0 Å². The van der Waals surface area contributed by atoms with Gasteiger partial charge in [0.2, 0.25) is 11.8 Å². The Bertz CT molecular complexity index is 1110. The van der Waals surface area contributed by atoms with Crippen LogP contribution in [0.25, 0.3) is 10.8 Å². The van der Waals surface area contributed by atoms with E-state index in [1.807, 2.05) is 30.3 Å². The minimum Gasteiger partial charge on any atom is -0.352 e. The van der Waals surface area contributed by atoms with Gasteiger partial charge >= 0.3 is 0 Å². The predicted octanol–water partition coefficient (Wildman–Crippen LogP) is 4.41. The number of hydrogen-bond donors (Lipinski definition) is 2. The van der Waals surface area contributed by atoms with E-state index >= 15 is 0 Å². The van der Waals surface area contributed by atoms with Crippen molar-refractivity contribution in [1.82, 2.24) is 10.6 Å². The third-order valence-electron chi connectivity index (χ3n) is 6.00. The summed E-state index contributed by atoms with van der Waals surface area (Å²) in [6, 6.07) is 17.8. The van der Waals surface area contributed by atoms with Crippen LogP contribution in [0.4, 0.5) is 8.78 Å². The van der Waals surface area contributed by atoms with Crippen LogP contribution in [0.1, 0.15) is 36.8 Å². The fraction of sp³-hybridized carbons (Fsp3) is 0.280. The molecule has 1 heterocycles. The van der Waals surface area contributed by atoms with Gasteiger partial charge in [0.05, 0.1) is 0 Å². The highest BCUT2D eigenvalue weighted by Gasteiger charge is 2.38. The zero-order valence-electron chi connectivity index (χ0n) is 17.1. The standard InChI is InChI=1S/C25H24F2N2O2/c26-21-9-4-10-22(27)20(21)16-28-23(30)11-13-25(14-12-24(31)29-25)15-18-7-3-6-17-5-1-2-8-19(17)18/h1-10H,11-16H2,(H,28,30)(H,29,31)/t25-/m1/s1. The van der Waals surface area contributed by atoms with E-state index in [-0.39, 0.29) is 30.3 Å². The molecule has 0 unspecified atom stereocenters. The summed E-state index contributed by atoms with van der Waals surface area (Å²) in [5.41, 5.74) is 0.451. The minimum atomic E-state index is -0.684. The topological polar surface area (TPSA) is 58.2 Å². The summed E-state index contributed by atoms with van der Waals surface area (Å²) >= 11 is 0. The van der Waals surface area contributed by atoms with E-state index in [0.717, 1.165) is 28.5 Å². The number of nitrogens with one attached hydrogen (secondary N) is 2. The molecular formula is C25H24F2N2O2. The Balaban J connectivity index is 1.45. The Morgan fingerprint density at radius 1 is 1.00 bits per heavy atom. The Morgan fingerprint density at radius 3 is 2.45 bits per heavy atom. The molecule has 1 saturated heterocycles. The number of amides is 2. The molecule has 4 rings (SSSR count). The lowest BCUT2D eigenvalue weighted by molar-refractivity contribution is -0.122. The number of fused-ring (bicyclic) bond motifs is 1. The Kier molecular flexibility index (Phi) is 5.98. The number of halogens is 2. The molecule has 2 amide bonds. The number of rotatable bonds is 7. The van der Waals surface area contributed by atoms with Gasteiger partial charge in [-0.3, -0.25) is 9.59 Å². The minimum absolute atomic E-state index is 0.0194. The lowest BCUT2D eigenvalue weighted by Gasteiger charge is -2.30. The van der Waals surface area contributed by atoms with E-state index in [9.17, 15) is 18.4 Å². The van der Waals surface area contributed by atoms with Crippen LogP contribution >= 0.6 is 0 Å². The van der Waals surface area contributed by atoms with Crippen LogP contribution in [-0.2, 0) is 22.6 Å². The maximum absolute atomic E-state index is 13.8. The lowest BCUT2D eigenvalue weighted by atomic mass is 9.83. The summed E-state index contributed by atoms with van der Waals surface area (Å²) in [5, 5.41) is 7.94. The van der Waals surface area contributed by atoms with Gasteiger partial charge in [0.15, 0.2) is 0 Å². The smallest absolute Gasteiger partial charge is 0.220 e. The van der Waals surface area contributed by atoms with Crippen LogP contribution in [0.3, 0.4) is 0 Å². The van der Waals surface area contributed by atoms with Gasteiger partial charge in [-0.05, 0) is 47.7 Å². The van der Waals surface area contributed by atoms with E-state index < -0.39 is 17.2 Å². The highest BCUT2D eigenvalue weighted by atomic mass is 19.1. The zero-order chi connectivity index (χ0) is 21.8. The van der Waals surface area contributed by atoms with Crippen molar-refractivity contribution in [3.8, 4) is 0 Å². The first-order valence-electron chi connectivity index (χ1n) is 10.4. The van der Waals surface area contributed by atoms with Crippen molar-refractivity contribution in [3.63, 3.8) is 0 Å². The van der Waals surface area contributed by atoms with Crippen molar-refractivity contribution >= 4 is 22.6 Å². The van der Waals surface area contributed by atoms with Crippen molar-refractivity contribution in [1.29, 1.82) is 0 Å². The summed E-state index contributed by atoms with van der Waals surface area (Å²) in [6.45, 7) is -0.208. The molecule has 0 radical (unpaired) electrons. The van der Waals surface area contributed by atoms with Gasteiger partial charge < -0.3 is 10.6 Å². The van der Waals surface area contributed by atoms with Crippen LogP contribution in [-0.4, -0.2) is 17.4 Å².